The van der Waals surface area contributed by atoms with Crippen LogP contribution in [0.15, 0.2) is 0 Å². The standard InChI is InChI=1S/C22H34N6/c1-6-8-10-18-16(3)19(14-23)21-24-20(11-9-7-2)25-28(21)22(18)27-13-12-17(15-27)26(4)5/h17H,6-13,15H2,1-5H3/t17-/m0/s1. The summed E-state index contributed by atoms with van der Waals surface area (Å²) < 4.78 is 1.99. The molecule has 0 amide bonds. The Labute approximate surface area is 169 Å². The van der Waals surface area contributed by atoms with Crippen LogP contribution in [-0.2, 0) is 12.8 Å². The van der Waals surface area contributed by atoms with Gasteiger partial charge in [-0.15, -0.1) is 5.10 Å². The van der Waals surface area contributed by atoms with Gasteiger partial charge in [0.2, 0.25) is 0 Å². The molecule has 2 aromatic rings. The minimum absolute atomic E-state index is 0.549. The van der Waals surface area contributed by atoms with E-state index < -0.39 is 0 Å². The third-order valence-electron chi connectivity index (χ3n) is 6.01. The summed E-state index contributed by atoms with van der Waals surface area (Å²) in [6.07, 6.45) is 7.44. The van der Waals surface area contributed by atoms with Crippen LogP contribution in [0.5, 0.6) is 0 Å². The van der Waals surface area contributed by atoms with Gasteiger partial charge in [-0.2, -0.15) is 9.78 Å². The van der Waals surface area contributed by atoms with Crippen molar-refractivity contribution in [2.45, 2.75) is 71.8 Å². The maximum absolute atomic E-state index is 9.87. The van der Waals surface area contributed by atoms with E-state index in [1.807, 2.05) is 4.52 Å². The molecule has 3 heterocycles. The van der Waals surface area contributed by atoms with Gasteiger partial charge in [-0.3, -0.25) is 0 Å². The molecule has 0 spiro atoms. The van der Waals surface area contributed by atoms with Crippen LogP contribution in [0, 0.1) is 18.3 Å². The SMILES string of the molecule is CCCCc1nc2c(C#N)c(C)c(CCCC)c(N3CC[C@H](N(C)C)C3)n2n1. The summed E-state index contributed by atoms with van der Waals surface area (Å²) in [7, 11) is 4.31. The van der Waals surface area contributed by atoms with Gasteiger partial charge in [0, 0.05) is 25.6 Å². The van der Waals surface area contributed by atoms with Crippen LogP contribution < -0.4 is 4.90 Å². The van der Waals surface area contributed by atoms with E-state index in [1.54, 1.807) is 0 Å². The lowest BCUT2D eigenvalue weighted by atomic mass is 9.99. The molecule has 6 heteroatoms. The monoisotopic (exact) mass is 382 g/mol. The lowest BCUT2D eigenvalue weighted by molar-refractivity contribution is 0.315. The van der Waals surface area contributed by atoms with Crippen LogP contribution in [-0.4, -0.2) is 52.7 Å². The summed E-state index contributed by atoms with van der Waals surface area (Å²) in [6.45, 7) is 8.51. The molecule has 1 aliphatic rings. The van der Waals surface area contributed by atoms with E-state index in [0.717, 1.165) is 75.1 Å². The molecule has 6 nitrogen and oxygen atoms in total. The van der Waals surface area contributed by atoms with E-state index in [9.17, 15) is 5.26 Å². The second-order valence-corrected chi connectivity index (χ2v) is 8.24. The van der Waals surface area contributed by atoms with Gasteiger partial charge >= 0.3 is 0 Å². The normalized spacial score (nSPS) is 17.0. The zero-order chi connectivity index (χ0) is 20.3. The fourth-order valence-electron chi connectivity index (χ4n) is 4.19. The minimum atomic E-state index is 0.549. The van der Waals surface area contributed by atoms with E-state index >= 15 is 0 Å². The number of unbranched alkanes of at least 4 members (excludes halogenated alkanes) is 2. The number of likely N-dealkylation sites (N-methyl/N-ethyl adjacent to an activating group) is 1. The molecule has 152 valence electrons. The first-order valence-corrected chi connectivity index (χ1v) is 10.7. The Morgan fingerprint density at radius 1 is 1.18 bits per heavy atom. The summed E-state index contributed by atoms with van der Waals surface area (Å²) in [5.74, 6) is 2.02. The molecule has 28 heavy (non-hydrogen) atoms. The van der Waals surface area contributed by atoms with Gasteiger partial charge in [-0.1, -0.05) is 26.7 Å². The number of nitriles is 1. The Balaban J connectivity index is 2.17. The van der Waals surface area contributed by atoms with Crippen LogP contribution >= 0.6 is 0 Å². The molecule has 1 aliphatic heterocycles. The molecule has 0 saturated carbocycles. The topological polar surface area (TPSA) is 60.5 Å². The molecule has 0 N–H and O–H groups in total. The van der Waals surface area contributed by atoms with Gasteiger partial charge in [0.15, 0.2) is 11.5 Å². The Bertz CT molecular complexity index is 860. The highest BCUT2D eigenvalue weighted by Gasteiger charge is 2.30. The highest BCUT2D eigenvalue weighted by Crippen LogP contribution is 2.33. The number of nitrogens with zero attached hydrogens (tertiary/aromatic N) is 6. The van der Waals surface area contributed by atoms with E-state index in [0.29, 0.717) is 11.6 Å². The first-order valence-electron chi connectivity index (χ1n) is 10.7. The zero-order valence-corrected chi connectivity index (χ0v) is 18.1. The number of anilines is 1. The number of hydrogen-bond donors (Lipinski definition) is 0. The van der Waals surface area contributed by atoms with Crippen molar-refractivity contribution in [2.75, 3.05) is 32.1 Å². The molecule has 2 aromatic heterocycles. The number of pyridine rings is 1. The average Bonchev–Trinajstić information content (AvgIpc) is 3.32. The van der Waals surface area contributed by atoms with E-state index in [2.05, 4.69) is 50.7 Å². The molecule has 0 unspecified atom stereocenters. The maximum Gasteiger partial charge on any atom is 0.176 e. The van der Waals surface area contributed by atoms with Gasteiger partial charge in [-0.25, -0.2) is 4.98 Å². The van der Waals surface area contributed by atoms with Crippen molar-refractivity contribution in [3.8, 4) is 6.07 Å². The third kappa shape index (κ3) is 3.86. The van der Waals surface area contributed by atoms with Crippen LogP contribution in [0.3, 0.4) is 0 Å². The second kappa shape index (κ2) is 8.91. The predicted molar refractivity (Wildman–Crippen MR) is 114 cm³/mol. The maximum atomic E-state index is 9.87. The minimum Gasteiger partial charge on any atom is -0.355 e. The van der Waals surface area contributed by atoms with Gasteiger partial charge < -0.3 is 9.80 Å². The Hall–Kier alpha value is -2.13. The van der Waals surface area contributed by atoms with Gasteiger partial charge in [-0.05, 0) is 57.8 Å². The van der Waals surface area contributed by atoms with Crippen LogP contribution in [0.2, 0.25) is 0 Å². The van der Waals surface area contributed by atoms with Crippen molar-refractivity contribution in [2.24, 2.45) is 0 Å². The molecular formula is C22H34N6. The number of aromatic nitrogens is 3. The number of hydrogen-bond acceptors (Lipinski definition) is 5. The zero-order valence-electron chi connectivity index (χ0n) is 18.1. The fraction of sp³-hybridized carbons (Fsp3) is 0.682. The number of fused-ring (bicyclic) bond motifs is 1. The molecular weight excluding hydrogens is 348 g/mol. The first kappa shape index (κ1) is 20.6. The quantitative estimate of drug-likeness (QED) is 0.696. The smallest absolute Gasteiger partial charge is 0.176 e. The number of rotatable bonds is 8. The Morgan fingerprint density at radius 2 is 1.89 bits per heavy atom. The summed E-state index contributed by atoms with van der Waals surface area (Å²) in [6, 6.07) is 2.97. The lowest BCUT2D eigenvalue weighted by Gasteiger charge is -2.26. The van der Waals surface area contributed by atoms with Crippen molar-refractivity contribution in [3.63, 3.8) is 0 Å². The molecule has 0 radical (unpaired) electrons. The second-order valence-electron chi connectivity index (χ2n) is 8.24. The Kier molecular flexibility index (Phi) is 6.56. The summed E-state index contributed by atoms with van der Waals surface area (Å²) in [4.78, 5) is 9.56. The van der Waals surface area contributed by atoms with Crippen molar-refractivity contribution in [1.29, 1.82) is 5.26 Å². The van der Waals surface area contributed by atoms with E-state index in [4.69, 9.17) is 10.1 Å². The summed E-state index contributed by atoms with van der Waals surface area (Å²) in [5.41, 5.74) is 3.78. The largest absolute Gasteiger partial charge is 0.355 e. The highest BCUT2D eigenvalue weighted by atomic mass is 15.4. The predicted octanol–water partition coefficient (Wildman–Crippen LogP) is 3.73. The van der Waals surface area contributed by atoms with Crippen LogP contribution in [0.4, 0.5) is 5.82 Å². The van der Waals surface area contributed by atoms with E-state index in [1.165, 1.54) is 11.4 Å². The van der Waals surface area contributed by atoms with Gasteiger partial charge in [0.1, 0.15) is 17.5 Å². The van der Waals surface area contributed by atoms with Crippen molar-refractivity contribution < 1.29 is 0 Å². The van der Waals surface area contributed by atoms with Gasteiger partial charge in [0.25, 0.3) is 0 Å². The third-order valence-corrected chi connectivity index (χ3v) is 6.01. The van der Waals surface area contributed by atoms with Crippen molar-refractivity contribution in [1.82, 2.24) is 19.5 Å². The highest BCUT2D eigenvalue weighted by molar-refractivity contribution is 5.69. The van der Waals surface area contributed by atoms with Crippen LogP contribution in [0.1, 0.15) is 68.5 Å². The van der Waals surface area contributed by atoms with Crippen molar-refractivity contribution in [3.05, 3.63) is 22.5 Å². The molecule has 3 rings (SSSR count). The molecule has 1 fully saturated rings. The molecule has 1 atom stereocenters. The number of aryl methyl sites for hydroxylation is 1. The summed E-state index contributed by atoms with van der Waals surface area (Å²) in [5, 5.41) is 14.8. The van der Waals surface area contributed by atoms with Gasteiger partial charge in [0.05, 0.1) is 0 Å². The van der Waals surface area contributed by atoms with E-state index in [-0.39, 0.29) is 0 Å². The first-order chi connectivity index (χ1) is 13.5. The molecule has 0 bridgehead atoms. The average molecular weight is 383 g/mol. The molecule has 0 aromatic carbocycles. The summed E-state index contributed by atoms with van der Waals surface area (Å²) >= 11 is 0. The Morgan fingerprint density at radius 3 is 2.50 bits per heavy atom. The van der Waals surface area contributed by atoms with Crippen molar-refractivity contribution >= 4 is 11.5 Å². The fourth-order valence-corrected chi connectivity index (χ4v) is 4.19. The molecule has 1 saturated heterocycles. The lowest BCUT2D eigenvalue weighted by Crippen LogP contribution is -2.32. The van der Waals surface area contributed by atoms with Crippen LogP contribution in [0.25, 0.3) is 5.65 Å². The molecule has 0 aliphatic carbocycles.